The SMILES string of the molecule is Cc1cc(C)c(O[B-](Oc2cc(C)c(C)cc2C)(Oc2cc(C)c(C)cc2C)Oc2cc(C)c(C)cc2C)cc1C. The molecule has 0 radical (unpaired) electrons. The zero-order chi connectivity index (χ0) is 30.2. The van der Waals surface area contributed by atoms with E-state index >= 15 is 0 Å². The minimum absolute atomic E-state index is 0.651. The minimum atomic E-state index is -2.91. The van der Waals surface area contributed by atoms with Crippen molar-refractivity contribution in [1.82, 2.24) is 0 Å². The van der Waals surface area contributed by atoms with Crippen LogP contribution in [0.25, 0.3) is 0 Å². The predicted molar refractivity (Wildman–Crippen MR) is 171 cm³/mol. The average molecular weight is 552 g/mol. The predicted octanol–water partition coefficient (Wildman–Crippen LogP) is 9.44. The Morgan fingerprint density at radius 3 is 0.634 bits per heavy atom. The topological polar surface area (TPSA) is 36.9 Å². The van der Waals surface area contributed by atoms with Crippen molar-refractivity contribution in [2.75, 3.05) is 0 Å². The summed E-state index contributed by atoms with van der Waals surface area (Å²) in [6.07, 6.45) is 0. The van der Waals surface area contributed by atoms with E-state index in [4.69, 9.17) is 18.6 Å². The van der Waals surface area contributed by atoms with Crippen molar-refractivity contribution in [3.63, 3.8) is 0 Å². The van der Waals surface area contributed by atoms with Crippen molar-refractivity contribution >= 4 is 6.96 Å². The quantitative estimate of drug-likeness (QED) is 0.204. The number of benzene rings is 4. The van der Waals surface area contributed by atoms with Crippen LogP contribution >= 0.6 is 0 Å². The molecule has 0 aromatic heterocycles. The Kier molecular flexibility index (Phi) is 8.49. The zero-order valence-electron chi connectivity index (χ0n) is 26.8. The highest BCUT2D eigenvalue weighted by molar-refractivity contribution is 6.57. The summed E-state index contributed by atoms with van der Waals surface area (Å²) in [4.78, 5) is 0. The second-order valence-corrected chi connectivity index (χ2v) is 11.9. The lowest BCUT2D eigenvalue weighted by molar-refractivity contribution is 0.159. The van der Waals surface area contributed by atoms with Gasteiger partial charge in [0.15, 0.2) is 0 Å². The van der Waals surface area contributed by atoms with Crippen LogP contribution in [0.5, 0.6) is 23.0 Å². The first-order valence-corrected chi connectivity index (χ1v) is 14.4. The molecule has 5 heteroatoms. The van der Waals surface area contributed by atoms with Crippen LogP contribution in [0.1, 0.15) is 66.8 Å². The second-order valence-electron chi connectivity index (χ2n) is 11.9. The first-order chi connectivity index (χ1) is 19.2. The largest absolute Gasteiger partial charge is 0.777 e. The molecule has 0 saturated carbocycles. The van der Waals surface area contributed by atoms with Crippen molar-refractivity contribution in [1.29, 1.82) is 0 Å². The summed E-state index contributed by atoms with van der Waals surface area (Å²) in [5.74, 6) is 2.60. The van der Waals surface area contributed by atoms with Gasteiger partial charge in [0, 0.05) is 0 Å². The van der Waals surface area contributed by atoms with E-state index in [1.54, 1.807) is 0 Å². The lowest BCUT2D eigenvalue weighted by Crippen LogP contribution is -2.61. The maximum absolute atomic E-state index is 6.85. The van der Waals surface area contributed by atoms with E-state index in [0.717, 1.165) is 44.5 Å². The fourth-order valence-electron chi connectivity index (χ4n) is 5.01. The Bertz CT molecular complexity index is 1380. The van der Waals surface area contributed by atoms with Crippen molar-refractivity contribution in [2.45, 2.75) is 83.1 Å². The highest BCUT2D eigenvalue weighted by atomic mass is 16.9. The van der Waals surface area contributed by atoms with Gasteiger partial charge in [0.2, 0.25) is 0 Å². The van der Waals surface area contributed by atoms with E-state index in [2.05, 4.69) is 79.7 Å². The third-order valence-corrected chi connectivity index (χ3v) is 8.25. The molecular formula is C36H44BO4-. The fourth-order valence-corrected chi connectivity index (χ4v) is 5.01. The molecule has 0 spiro atoms. The van der Waals surface area contributed by atoms with Crippen molar-refractivity contribution in [3.8, 4) is 23.0 Å². The van der Waals surface area contributed by atoms with Crippen LogP contribution in [-0.2, 0) is 0 Å². The maximum atomic E-state index is 6.85. The highest BCUT2D eigenvalue weighted by Crippen LogP contribution is 2.35. The molecule has 4 nitrogen and oxygen atoms in total. The van der Waals surface area contributed by atoms with Crippen molar-refractivity contribution < 1.29 is 18.6 Å². The lowest BCUT2D eigenvalue weighted by Gasteiger charge is -2.43. The zero-order valence-corrected chi connectivity index (χ0v) is 26.8. The summed E-state index contributed by atoms with van der Waals surface area (Å²) in [7, 11) is 0. The van der Waals surface area contributed by atoms with Crippen LogP contribution < -0.4 is 18.6 Å². The van der Waals surface area contributed by atoms with Gasteiger partial charge in [-0.2, -0.15) is 0 Å². The smallest absolute Gasteiger partial charge is 0.611 e. The summed E-state index contributed by atoms with van der Waals surface area (Å²) < 4.78 is 27.4. The molecule has 0 heterocycles. The number of rotatable bonds is 8. The highest BCUT2D eigenvalue weighted by Gasteiger charge is 2.44. The first kappa shape index (κ1) is 30.1. The van der Waals surface area contributed by atoms with Crippen LogP contribution in [-0.4, -0.2) is 6.96 Å². The molecular weight excluding hydrogens is 507 g/mol. The standard InChI is InChI=1S/C36H44BO4/c1-21-13-29(9)33(17-25(21)5)38-37(39-34-18-26(6)22(2)14-30(34)10,40-35-19-27(7)23(3)15-31(35)11)41-36-20-28(8)24(4)16-32(36)12/h13-20H,1-12H3/q-1. The van der Waals surface area contributed by atoms with Crippen LogP contribution in [0, 0.1) is 83.1 Å². The van der Waals surface area contributed by atoms with E-state index in [1.807, 2.05) is 52.0 Å². The van der Waals surface area contributed by atoms with Gasteiger partial charge < -0.3 is 18.6 Å². The summed E-state index contributed by atoms with van der Waals surface area (Å²) in [5, 5.41) is 0. The molecule has 0 aliphatic heterocycles. The molecule has 0 amide bonds. The fraction of sp³-hybridized carbons (Fsp3) is 0.333. The molecule has 4 rings (SSSR count). The molecule has 4 aromatic rings. The Hall–Kier alpha value is -3.86. The summed E-state index contributed by atoms with van der Waals surface area (Å²) >= 11 is 0. The minimum Gasteiger partial charge on any atom is -0.611 e. The van der Waals surface area contributed by atoms with E-state index in [9.17, 15) is 0 Å². The third kappa shape index (κ3) is 6.56. The normalized spacial score (nSPS) is 11.4. The Morgan fingerprint density at radius 1 is 0.268 bits per heavy atom. The maximum Gasteiger partial charge on any atom is 0.777 e. The van der Waals surface area contributed by atoms with Gasteiger partial charge in [-0.1, -0.05) is 24.3 Å². The molecule has 0 fully saturated rings. The number of hydrogen-bond donors (Lipinski definition) is 0. The Labute approximate surface area is 246 Å². The summed E-state index contributed by atoms with van der Waals surface area (Å²) in [5.41, 5.74) is 13.1. The number of hydrogen-bond acceptors (Lipinski definition) is 4. The molecule has 0 unspecified atom stereocenters. The summed E-state index contributed by atoms with van der Waals surface area (Å²) in [6, 6.07) is 16.6. The molecule has 4 aromatic carbocycles. The molecule has 0 atom stereocenters. The van der Waals surface area contributed by atoms with Crippen LogP contribution in [0.2, 0.25) is 0 Å². The van der Waals surface area contributed by atoms with Crippen LogP contribution in [0.15, 0.2) is 48.5 Å². The van der Waals surface area contributed by atoms with E-state index in [-0.39, 0.29) is 0 Å². The molecule has 41 heavy (non-hydrogen) atoms. The lowest BCUT2D eigenvalue weighted by atomic mass is 9.97. The van der Waals surface area contributed by atoms with Gasteiger partial charge in [0.1, 0.15) is 0 Å². The van der Waals surface area contributed by atoms with Crippen LogP contribution in [0.4, 0.5) is 0 Å². The van der Waals surface area contributed by atoms with E-state index in [1.165, 1.54) is 22.3 Å². The van der Waals surface area contributed by atoms with Gasteiger partial charge in [0.05, 0.1) is 23.0 Å². The summed E-state index contributed by atoms with van der Waals surface area (Å²) in [6.45, 7) is 21.9. The van der Waals surface area contributed by atoms with Gasteiger partial charge in [-0.05, 0) is 174 Å². The molecule has 0 aliphatic rings. The Morgan fingerprint density at radius 2 is 0.439 bits per heavy atom. The third-order valence-electron chi connectivity index (χ3n) is 8.25. The molecule has 0 saturated heterocycles. The molecule has 0 bridgehead atoms. The molecule has 216 valence electrons. The first-order valence-electron chi connectivity index (χ1n) is 14.4. The molecule has 0 aliphatic carbocycles. The van der Waals surface area contributed by atoms with E-state index in [0.29, 0.717) is 23.0 Å². The Balaban J connectivity index is 1.98. The van der Waals surface area contributed by atoms with Crippen molar-refractivity contribution in [3.05, 3.63) is 115 Å². The van der Waals surface area contributed by atoms with Gasteiger partial charge in [-0.3, -0.25) is 0 Å². The average Bonchev–Trinajstić information content (AvgIpc) is 2.87. The monoisotopic (exact) mass is 551 g/mol. The van der Waals surface area contributed by atoms with Gasteiger partial charge in [-0.15, -0.1) is 0 Å². The second kappa shape index (κ2) is 11.6. The molecule has 0 N–H and O–H groups in total. The van der Waals surface area contributed by atoms with Crippen molar-refractivity contribution in [2.24, 2.45) is 0 Å². The van der Waals surface area contributed by atoms with Crippen LogP contribution in [0.3, 0.4) is 0 Å². The van der Waals surface area contributed by atoms with Gasteiger partial charge >= 0.3 is 6.96 Å². The van der Waals surface area contributed by atoms with E-state index < -0.39 is 6.96 Å². The number of aryl methyl sites for hydroxylation is 12. The van der Waals surface area contributed by atoms with Gasteiger partial charge in [0.25, 0.3) is 0 Å². The van der Waals surface area contributed by atoms with Gasteiger partial charge in [-0.25, -0.2) is 0 Å².